The molecule has 1 aromatic rings. The molecule has 1 amide bonds. The molecular weight excluding hydrogens is 270 g/mol. The van der Waals surface area contributed by atoms with E-state index in [2.05, 4.69) is 5.32 Å². The second kappa shape index (κ2) is 7.67. The minimum Gasteiger partial charge on any atom is -0.484 e. The molecule has 1 fully saturated rings. The van der Waals surface area contributed by atoms with Gasteiger partial charge in [-0.15, -0.1) is 0 Å². The van der Waals surface area contributed by atoms with E-state index >= 15 is 0 Å². The predicted molar refractivity (Wildman–Crippen MR) is 78.0 cm³/mol. The van der Waals surface area contributed by atoms with Gasteiger partial charge >= 0.3 is 5.97 Å². The second-order valence-electron chi connectivity index (χ2n) is 5.40. The van der Waals surface area contributed by atoms with Crippen molar-refractivity contribution in [3.8, 4) is 5.75 Å². The summed E-state index contributed by atoms with van der Waals surface area (Å²) in [6.45, 7) is 0.364. The molecule has 0 aliphatic heterocycles. The number of nitrogens with one attached hydrogen (secondary N) is 1. The number of ether oxygens (including phenoxy) is 1. The highest BCUT2D eigenvalue weighted by Crippen LogP contribution is 2.29. The van der Waals surface area contributed by atoms with E-state index in [1.165, 1.54) is 0 Å². The monoisotopic (exact) mass is 291 g/mol. The summed E-state index contributed by atoms with van der Waals surface area (Å²) in [6, 6.07) is 9.13. The van der Waals surface area contributed by atoms with Gasteiger partial charge in [0.15, 0.2) is 6.61 Å². The third-order valence-electron chi connectivity index (χ3n) is 3.90. The van der Waals surface area contributed by atoms with Gasteiger partial charge in [-0.3, -0.25) is 9.59 Å². The van der Waals surface area contributed by atoms with Gasteiger partial charge in [0.1, 0.15) is 5.75 Å². The summed E-state index contributed by atoms with van der Waals surface area (Å²) in [7, 11) is 0. The van der Waals surface area contributed by atoms with Crippen LogP contribution in [0.1, 0.15) is 25.7 Å². The molecule has 0 unspecified atom stereocenters. The second-order valence-corrected chi connectivity index (χ2v) is 5.40. The van der Waals surface area contributed by atoms with Gasteiger partial charge in [-0.2, -0.15) is 0 Å². The molecule has 0 aromatic heterocycles. The van der Waals surface area contributed by atoms with Gasteiger partial charge in [0, 0.05) is 6.54 Å². The predicted octanol–water partition coefficient (Wildman–Crippen LogP) is 2.07. The third kappa shape index (κ3) is 4.77. The highest BCUT2D eigenvalue weighted by atomic mass is 16.5. The normalized spacial score (nSPS) is 21.5. The average molecular weight is 291 g/mol. The van der Waals surface area contributed by atoms with Gasteiger partial charge in [0.25, 0.3) is 5.91 Å². The summed E-state index contributed by atoms with van der Waals surface area (Å²) in [6.07, 6.45) is 3.55. The lowest BCUT2D eigenvalue weighted by molar-refractivity contribution is -0.145. The SMILES string of the molecule is O=C(COc1ccccc1)NC[C@@H]1CCCC[C@@H]1C(=O)O. The Hall–Kier alpha value is -2.04. The fraction of sp³-hybridized carbons (Fsp3) is 0.500. The van der Waals surface area contributed by atoms with Crippen molar-refractivity contribution in [2.75, 3.05) is 13.2 Å². The molecule has 0 radical (unpaired) electrons. The lowest BCUT2D eigenvalue weighted by Gasteiger charge is -2.28. The van der Waals surface area contributed by atoms with Gasteiger partial charge in [0.2, 0.25) is 0 Å². The molecule has 2 atom stereocenters. The Bertz CT molecular complexity index is 474. The maximum absolute atomic E-state index is 11.8. The molecule has 2 rings (SSSR count). The Labute approximate surface area is 124 Å². The molecule has 1 aliphatic rings. The number of carbonyl (C=O) groups is 2. The minimum atomic E-state index is -0.755. The molecule has 114 valence electrons. The Morgan fingerprint density at radius 2 is 1.90 bits per heavy atom. The van der Waals surface area contributed by atoms with Crippen molar-refractivity contribution in [3.63, 3.8) is 0 Å². The van der Waals surface area contributed by atoms with Crippen LogP contribution < -0.4 is 10.1 Å². The van der Waals surface area contributed by atoms with E-state index in [1.807, 2.05) is 18.2 Å². The van der Waals surface area contributed by atoms with Crippen molar-refractivity contribution in [2.24, 2.45) is 11.8 Å². The van der Waals surface area contributed by atoms with Crippen molar-refractivity contribution in [3.05, 3.63) is 30.3 Å². The molecule has 0 saturated heterocycles. The molecular formula is C16H21NO4. The fourth-order valence-electron chi connectivity index (χ4n) is 2.74. The summed E-state index contributed by atoms with van der Waals surface area (Å²) >= 11 is 0. The highest BCUT2D eigenvalue weighted by molar-refractivity contribution is 5.77. The first-order valence-electron chi connectivity index (χ1n) is 7.34. The number of carboxylic acids is 1. The van der Waals surface area contributed by atoms with Crippen LogP contribution in [0.4, 0.5) is 0 Å². The summed E-state index contributed by atoms with van der Waals surface area (Å²) in [4.78, 5) is 22.9. The van der Waals surface area contributed by atoms with Crippen LogP contribution in [0, 0.1) is 11.8 Å². The van der Waals surface area contributed by atoms with Crippen molar-refractivity contribution in [1.82, 2.24) is 5.32 Å². The number of amides is 1. The number of carboxylic acid groups (broad SMARTS) is 1. The lowest BCUT2D eigenvalue weighted by atomic mass is 9.79. The Balaban J connectivity index is 1.74. The van der Waals surface area contributed by atoms with E-state index < -0.39 is 5.97 Å². The molecule has 1 aromatic carbocycles. The van der Waals surface area contributed by atoms with Gasteiger partial charge in [-0.05, 0) is 30.9 Å². The molecule has 1 aliphatic carbocycles. The van der Waals surface area contributed by atoms with Crippen LogP contribution in [0.5, 0.6) is 5.75 Å². The van der Waals surface area contributed by atoms with Crippen LogP contribution >= 0.6 is 0 Å². The van der Waals surface area contributed by atoms with Crippen molar-refractivity contribution >= 4 is 11.9 Å². The van der Waals surface area contributed by atoms with Crippen LogP contribution in [0.25, 0.3) is 0 Å². The summed E-state index contributed by atoms with van der Waals surface area (Å²) in [5.41, 5.74) is 0. The van der Waals surface area contributed by atoms with Crippen LogP contribution in [0.2, 0.25) is 0 Å². The Morgan fingerprint density at radius 1 is 1.19 bits per heavy atom. The van der Waals surface area contributed by atoms with Gasteiger partial charge < -0.3 is 15.2 Å². The van der Waals surface area contributed by atoms with Gasteiger partial charge in [-0.25, -0.2) is 0 Å². The summed E-state index contributed by atoms with van der Waals surface area (Å²) < 4.78 is 5.35. The molecule has 1 saturated carbocycles. The standard InChI is InChI=1S/C16H21NO4/c18-15(11-21-13-7-2-1-3-8-13)17-10-12-6-4-5-9-14(12)16(19)20/h1-3,7-8,12,14H,4-6,9-11H2,(H,17,18)(H,19,20)/t12-,14-/m0/s1. The largest absolute Gasteiger partial charge is 0.484 e. The van der Waals surface area contributed by atoms with Gasteiger partial charge in [0.05, 0.1) is 5.92 Å². The first-order chi connectivity index (χ1) is 10.2. The Morgan fingerprint density at radius 3 is 2.62 bits per heavy atom. The van der Waals surface area contributed by atoms with E-state index in [0.717, 1.165) is 19.3 Å². The number of carbonyl (C=O) groups excluding carboxylic acids is 1. The van der Waals surface area contributed by atoms with Gasteiger partial charge in [-0.1, -0.05) is 31.0 Å². The first-order valence-corrected chi connectivity index (χ1v) is 7.34. The lowest BCUT2D eigenvalue weighted by Crippen LogP contribution is -2.38. The zero-order valence-corrected chi connectivity index (χ0v) is 12.0. The summed E-state index contributed by atoms with van der Waals surface area (Å²) in [5.74, 6) is -0.636. The van der Waals surface area contributed by atoms with E-state index in [4.69, 9.17) is 4.74 Å². The smallest absolute Gasteiger partial charge is 0.306 e. The number of benzene rings is 1. The molecule has 5 nitrogen and oxygen atoms in total. The van der Waals surface area contributed by atoms with E-state index in [1.54, 1.807) is 12.1 Å². The average Bonchev–Trinajstić information content (AvgIpc) is 2.52. The highest BCUT2D eigenvalue weighted by Gasteiger charge is 2.30. The quantitative estimate of drug-likeness (QED) is 0.841. The van der Waals surface area contributed by atoms with E-state index in [0.29, 0.717) is 18.7 Å². The molecule has 21 heavy (non-hydrogen) atoms. The molecule has 0 spiro atoms. The van der Waals surface area contributed by atoms with Crippen LogP contribution in [-0.2, 0) is 9.59 Å². The number of rotatable bonds is 6. The Kier molecular flexibility index (Phi) is 5.60. The number of hydrogen-bond acceptors (Lipinski definition) is 3. The number of para-hydroxylation sites is 1. The number of aliphatic carboxylic acids is 1. The minimum absolute atomic E-state index is 0.0249. The molecule has 2 N–H and O–H groups in total. The maximum atomic E-state index is 11.8. The zero-order valence-electron chi connectivity index (χ0n) is 12.0. The van der Waals surface area contributed by atoms with Crippen LogP contribution in [0.15, 0.2) is 30.3 Å². The topological polar surface area (TPSA) is 75.6 Å². The van der Waals surface area contributed by atoms with Crippen LogP contribution in [0.3, 0.4) is 0 Å². The summed E-state index contributed by atoms with van der Waals surface area (Å²) in [5, 5.41) is 12.0. The van der Waals surface area contributed by atoms with E-state index in [-0.39, 0.29) is 24.3 Å². The van der Waals surface area contributed by atoms with E-state index in [9.17, 15) is 14.7 Å². The van der Waals surface area contributed by atoms with Crippen molar-refractivity contribution in [1.29, 1.82) is 0 Å². The molecule has 0 heterocycles. The first kappa shape index (κ1) is 15.4. The van der Waals surface area contributed by atoms with Crippen molar-refractivity contribution < 1.29 is 19.4 Å². The maximum Gasteiger partial charge on any atom is 0.306 e. The fourth-order valence-corrected chi connectivity index (χ4v) is 2.74. The zero-order chi connectivity index (χ0) is 15.1. The van der Waals surface area contributed by atoms with Crippen molar-refractivity contribution in [2.45, 2.75) is 25.7 Å². The number of hydrogen-bond donors (Lipinski definition) is 2. The molecule has 0 bridgehead atoms. The van der Waals surface area contributed by atoms with Crippen LogP contribution in [-0.4, -0.2) is 30.1 Å². The third-order valence-corrected chi connectivity index (χ3v) is 3.90. The molecule has 5 heteroatoms.